The number of carboxylic acid groups (broad SMARTS) is 1. The molecule has 2 heterocycles. The Morgan fingerprint density at radius 2 is 2.03 bits per heavy atom. The van der Waals surface area contributed by atoms with Gasteiger partial charge in [-0.05, 0) is 36.8 Å². The van der Waals surface area contributed by atoms with Gasteiger partial charge in [-0.3, -0.25) is 4.79 Å². The number of carboxylic acids is 1. The average Bonchev–Trinajstić information content (AvgIpc) is 2.80. The van der Waals surface area contributed by atoms with Crippen molar-refractivity contribution in [1.29, 1.82) is 0 Å². The average molecular weight is 509 g/mol. The van der Waals surface area contributed by atoms with E-state index in [1.807, 2.05) is 6.07 Å². The first kappa shape index (κ1) is 29.7. The predicted octanol–water partition coefficient (Wildman–Crippen LogP) is 2.22. The number of nitrogens with two attached hydrogens (primary N) is 1. The third-order valence-corrected chi connectivity index (χ3v) is 5.70. The number of aliphatic hydroxyl groups is 1. The van der Waals surface area contributed by atoms with Crippen molar-refractivity contribution in [3.8, 4) is 5.88 Å². The molecule has 0 aliphatic carbocycles. The molecule has 1 aromatic rings. The van der Waals surface area contributed by atoms with Crippen LogP contribution in [0.4, 0.5) is 13.2 Å². The summed E-state index contributed by atoms with van der Waals surface area (Å²) >= 11 is 1.63. The van der Waals surface area contributed by atoms with Crippen LogP contribution in [0.2, 0.25) is 0 Å². The fraction of sp³-hybridized carbons (Fsp3) is 0.571. The van der Waals surface area contributed by atoms with Crippen molar-refractivity contribution >= 4 is 23.8 Å². The van der Waals surface area contributed by atoms with E-state index in [0.29, 0.717) is 43.6 Å². The maximum atomic E-state index is 12.5. The number of aliphatic carboxylic acids is 1. The van der Waals surface area contributed by atoms with E-state index in [4.69, 9.17) is 20.7 Å². The highest BCUT2D eigenvalue weighted by Gasteiger charge is 2.31. The van der Waals surface area contributed by atoms with Crippen LogP contribution in [0, 0.1) is 5.92 Å². The number of piperidine rings is 1. The summed E-state index contributed by atoms with van der Waals surface area (Å²) in [5.41, 5.74) is 5.76. The molecule has 192 valence electrons. The summed E-state index contributed by atoms with van der Waals surface area (Å²) in [6.07, 6.45) is 4.64. The Hall–Kier alpha value is -2.35. The molecule has 5 N–H and O–H groups in total. The third-order valence-electron chi connectivity index (χ3n) is 4.62. The van der Waals surface area contributed by atoms with Crippen molar-refractivity contribution in [2.75, 3.05) is 39.4 Å². The largest absolute Gasteiger partial charge is 0.477 e. The number of hydrogen-bond donors (Lipinski definition) is 4. The summed E-state index contributed by atoms with van der Waals surface area (Å²) in [5, 5.41) is 18.9. The number of carbonyl (C=O) groups is 2. The number of rotatable bonds is 11. The van der Waals surface area contributed by atoms with Crippen LogP contribution in [-0.2, 0) is 9.59 Å². The van der Waals surface area contributed by atoms with Crippen LogP contribution in [0.1, 0.15) is 26.2 Å². The van der Waals surface area contributed by atoms with Crippen molar-refractivity contribution in [3.05, 3.63) is 30.2 Å². The maximum Gasteiger partial charge on any atom is 0.374 e. The van der Waals surface area contributed by atoms with Gasteiger partial charge in [-0.1, -0.05) is 0 Å². The molecule has 13 heteroatoms. The molecule has 0 saturated carbocycles. The summed E-state index contributed by atoms with van der Waals surface area (Å²) in [7, 11) is 0. The molecule has 1 fully saturated rings. The van der Waals surface area contributed by atoms with Gasteiger partial charge in [0.2, 0.25) is 11.8 Å². The lowest BCUT2D eigenvalue weighted by atomic mass is 9.94. The number of aromatic nitrogens is 1. The van der Waals surface area contributed by atoms with Crippen LogP contribution in [0.5, 0.6) is 5.88 Å². The summed E-state index contributed by atoms with van der Waals surface area (Å²) in [6, 6.07) is 3.68. The highest BCUT2D eigenvalue weighted by atomic mass is 32.2. The lowest BCUT2D eigenvalue weighted by molar-refractivity contribution is -0.161. The molecule has 1 amide bonds. The molecule has 0 aromatic carbocycles. The van der Waals surface area contributed by atoms with Crippen molar-refractivity contribution < 1.29 is 37.7 Å². The minimum absolute atomic E-state index is 0.00957. The summed E-state index contributed by atoms with van der Waals surface area (Å²) in [6.45, 7) is 2.63. The third kappa shape index (κ3) is 12.2. The van der Waals surface area contributed by atoms with Crippen LogP contribution in [0.25, 0.3) is 0 Å². The molecule has 1 aromatic heterocycles. The summed E-state index contributed by atoms with van der Waals surface area (Å²) in [5.74, 6) is -4.85. The van der Waals surface area contributed by atoms with E-state index in [0.717, 1.165) is 30.8 Å². The molecule has 2 rings (SSSR count). The van der Waals surface area contributed by atoms with Gasteiger partial charge in [0.1, 0.15) is 6.61 Å². The van der Waals surface area contributed by atoms with E-state index in [-0.39, 0.29) is 25.7 Å². The van der Waals surface area contributed by atoms with Crippen LogP contribution >= 0.6 is 11.9 Å². The van der Waals surface area contributed by atoms with E-state index in [2.05, 4.69) is 14.6 Å². The molecule has 1 aliphatic rings. The Morgan fingerprint density at radius 1 is 1.38 bits per heavy atom. The molecule has 34 heavy (non-hydrogen) atoms. The van der Waals surface area contributed by atoms with Gasteiger partial charge in [0.25, 0.3) is 0 Å². The first-order valence-electron chi connectivity index (χ1n) is 10.6. The van der Waals surface area contributed by atoms with Crippen molar-refractivity contribution in [2.45, 2.75) is 37.0 Å². The molecular formula is C21H31F3N4O5S. The first-order chi connectivity index (χ1) is 16.1. The molecule has 0 radical (unpaired) electrons. The molecule has 1 aliphatic heterocycles. The Kier molecular flexibility index (Phi) is 13.6. The van der Waals surface area contributed by atoms with Gasteiger partial charge in [-0.15, -0.1) is 0 Å². The van der Waals surface area contributed by atoms with Crippen LogP contribution in [0.15, 0.2) is 35.1 Å². The Labute approximate surface area is 200 Å². The lowest BCUT2D eigenvalue weighted by Crippen LogP contribution is -2.33. The highest BCUT2D eigenvalue weighted by Crippen LogP contribution is 2.29. The predicted molar refractivity (Wildman–Crippen MR) is 121 cm³/mol. The molecule has 9 nitrogen and oxygen atoms in total. The zero-order valence-corrected chi connectivity index (χ0v) is 19.7. The minimum atomic E-state index is -3.58. The SMILES string of the molecule is CC(F)(F)C(=O)O.NC/C(=C/F)COc1ccc(SN2CCC(CC(=O)NCCO)CC2)cn1. The first-order valence-corrected chi connectivity index (χ1v) is 11.3. The van der Waals surface area contributed by atoms with Gasteiger partial charge in [-0.2, -0.15) is 8.78 Å². The van der Waals surface area contributed by atoms with Gasteiger partial charge in [0, 0.05) is 62.3 Å². The van der Waals surface area contributed by atoms with Gasteiger partial charge < -0.3 is 26.0 Å². The number of pyridine rings is 1. The maximum absolute atomic E-state index is 12.5. The molecule has 0 atom stereocenters. The highest BCUT2D eigenvalue weighted by molar-refractivity contribution is 7.97. The second kappa shape index (κ2) is 15.5. The number of amides is 1. The fourth-order valence-electron chi connectivity index (χ4n) is 2.69. The number of alkyl halides is 2. The zero-order chi connectivity index (χ0) is 25.6. The second-order valence-corrected chi connectivity index (χ2v) is 8.70. The fourth-order valence-corrected chi connectivity index (χ4v) is 3.61. The van der Waals surface area contributed by atoms with E-state index in [1.54, 1.807) is 24.2 Å². The van der Waals surface area contributed by atoms with Gasteiger partial charge in [0.05, 0.1) is 12.9 Å². The molecule has 0 unspecified atom stereocenters. The Balaban J connectivity index is 0.000000718. The van der Waals surface area contributed by atoms with Crippen LogP contribution in [0.3, 0.4) is 0 Å². The van der Waals surface area contributed by atoms with Gasteiger partial charge in [-0.25, -0.2) is 18.5 Å². The quantitative estimate of drug-likeness (QED) is 0.332. The number of hydrogen-bond acceptors (Lipinski definition) is 8. The topological polar surface area (TPSA) is 138 Å². The number of carbonyl (C=O) groups excluding carboxylic acids is 1. The molecule has 1 saturated heterocycles. The Morgan fingerprint density at radius 3 is 2.50 bits per heavy atom. The second-order valence-electron chi connectivity index (χ2n) is 7.53. The van der Waals surface area contributed by atoms with Gasteiger partial charge in [0.15, 0.2) is 0 Å². The van der Waals surface area contributed by atoms with E-state index < -0.39 is 11.9 Å². The van der Waals surface area contributed by atoms with E-state index >= 15 is 0 Å². The van der Waals surface area contributed by atoms with E-state index in [9.17, 15) is 22.8 Å². The monoisotopic (exact) mass is 508 g/mol. The van der Waals surface area contributed by atoms with E-state index in [1.165, 1.54) is 0 Å². The van der Waals surface area contributed by atoms with Crippen molar-refractivity contribution in [1.82, 2.24) is 14.6 Å². The number of halogens is 3. The minimum Gasteiger partial charge on any atom is -0.477 e. The molecule has 0 spiro atoms. The van der Waals surface area contributed by atoms with Crippen molar-refractivity contribution in [3.63, 3.8) is 0 Å². The summed E-state index contributed by atoms with van der Waals surface area (Å²) < 4.78 is 42.6. The van der Waals surface area contributed by atoms with Crippen LogP contribution < -0.4 is 15.8 Å². The standard InChI is InChI=1S/C18H27FN4O3S.C3H4F2O2/c19-10-15(11-20)13-26-18-2-1-16(12-22-18)27-23-6-3-14(4-7-23)9-17(25)21-5-8-24;1-3(4,5)2(6)7/h1-2,10,12,14,24H,3-9,11,13,20H2,(H,21,25);1H3,(H,6,7)/b15-10-;. The number of aliphatic hydroxyl groups excluding tert-OH is 1. The van der Waals surface area contributed by atoms with Gasteiger partial charge >= 0.3 is 11.9 Å². The lowest BCUT2D eigenvalue weighted by Gasteiger charge is -2.30. The van der Waals surface area contributed by atoms with Crippen LogP contribution in [-0.4, -0.2) is 76.7 Å². The number of nitrogens with zero attached hydrogens (tertiary/aromatic N) is 2. The zero-order valence-electron chi connectivity index (χ0n) is 18.9. The van der Waals surface area contributed by atoms with Crippen molar-refractivity contribution in [2.24, 2.45) is 11.7 Å². The molecular weight excluding hydrogens is 477 g/mol. The normalized spacial score (nSPS) is 15.3. The number of nitrogens with one attached hydrogen (secondary N) is 1. The Bertz CT molecular complexity index is 786. The molecule has 0 bridgehead atoms. The smallest absolute Gasteiger partial charge is 0.374 e. The number of ether oxygens (including phenoxy) is 1. The summed E-state index contributed by atoms with van der Waals surface area (Å²) in [4.78, 5) is 26.2.